The number of amides is 2. The molecular formula is C23H23N3O5S. The summed E-state index contributed by atoms with van der Waals surface area (Å²) in [6.45, 7) is 2.06. The minimum Gasteiger partial charge on any atom is -0.495 e. The van der Waals surface area contributed by atoms with Gasteiger partial charge in [-0.1, -0.05) is 18.2 Å². The number of nitrogens with zero attached hydrogens (tertiary/aromatic N) is 1. The summed E-state index contributed by atoms with van der Waals surface area (Å²) in [5, 5.41) is 8.55. The van der Waals surface area contributed by atoms with E-state index in [-0.39, 0.29) is 18.4 Å². The Labute approximate surface area is 189 Å². The Bertz CT molecular complexity index is 1080. The van der Waals surface area contributed by atoms with Crippen LogP contribution in [0.25, 0.3) is 0 Å². The second-order valence-corrected chi connectivity index (χ2v) is 7.30. The highest BCUT2D eigenvalue weighted by molar-refractivity contribution is 7.12. The van der Waals surface area contributed by atoms with Gasteiger partial charge in [-0.2, -0.15) is 5.10 Å². The van der Waals surface area contributed by atoms with Crippen LogP contribution < -0.4 is 25.0 Å². The number of carbonyl (C=O) groups excluding carboxylic acids is 2. The van der Waals surface area contributed by atoms with E-state index < -0.39 is 0 Å². The van der Waals surface area contributed by atoms with Gasteiger partial charge < -0.3 is 19.5 Å². The van der Waals surface area contributed by atoms with Crippen molar-refractivity contribution in [1.29, 1.82) is 0 Å². The number of hydrogen-bond donors (Lipinski definition) is 2. The zero-order chi connectivity index (χ0) is 22.8. The smallest absolute Gasteiger partial charge is 0.281 e. The number of benzene rings is 2. The summed E-state index contributed by atoms with van der Waals surface area (Å²) < 4.78 is 16.5. The molecule has 2 amide bonds. The first-order chi connectivity index (χ1) is 15.6. The Balaban J connectivity index is 1.60. The number of methoxy groups -OCH3 is 1. The van der Waals surface area contributed by atoms with Crippen molar-refractivity contribution in [1.82, 2.24) is 5.43 Å². The van der Waals surface area contributed by atoms with Gasteiger partial charge in [-0.3, -0.25) is 9.59 Å². The molecule has 32 heavy (non-hydrogen) atoms. The molecule has 8 nitrogen and oxygen atoms in total. The fraction of sp³-hybridized carbons (Fsp3) is 0.174. The van der Waals surface area contributed by atoms with Gasteiger partial charge in [0.2, 0.25) is 0 Å². The molecule has 9 heteroatoms. The molecule has 0 saturated heterocycles. The summed E-state index contributed by atoms with van der Waals surface area (Å²) >= 11 is 1.34. The number of anilines is 1. The average Bonchev–Trinajstić information content (AvgIpc) is 3.34. The molecule has 0 aliphatic rings. The molecule has 2 aromatic carbocycles. The molecule has 0 saturated carbocycles. The van der Waals surface area contributed by atoms with Crippen molar-refractivity contribution in [3.63, 3.8) is 0 Å². The Kier molecular flexibility index (Phi) is 8.22. The molecule has 0 radical (unpaired) electrons. The highest BCUT2D eigenvalue weighted by Gasteiger charge is 2.11. The summed E-state index contributed by atoms with van der Waals surface area (Å²) in [5.41, 5.74) is 3.74. The van der Waals surface area contributed by atoms with Crippen LogP contribution in [0.3, 0.4) is 0 Å². The van der Waals surface area contributed by atoms with Gasteiger partial charge in [-0.15, -0.1) is 11.3 Å². The maximum Gasteiger partial charge on any atom is 0.281 e. The zero-order valence-electron chi connectivity index (χ0n) is 17.7. The summed E-state index contributed by atoms with van der Waals surface area (Å²) in [6, 6.07) is 15.8. The predicted molar refractivity (Wildman–Crippen MR) is 124 cm³/mol. The fourth-order valence-electron chi connectivity index (χ4n) is 2.70. The molecule has 0 atom stereocenters. The molecule has 0 unspecified atom stereocenters. The van der Waals surface area contributed by atoms with E-state index in [0.29, 0.717) is 40.0 Å². The molecule has 0 fully saturated rings. The van der Waals surface area contributed by atoms with Crippen molar-refractivity contribution >= 4 is 35.1 Å². The number of thiophene rings is 1. The van der Waals surface area contributed by atoms with Crippen LogP contribution >= 0.6 is 11.3 Å². The van der Waals surface area contributed by atoms with Crippen molar-refractivity contribution in [3.05, 3.63) is 70.4 Å². The number of para-hydroxylation sites is 2. The predicted octanol–water partition coefficient (Wildman–Crippen LogP) is 3.94. The minimum absolute atomic E-state index is 0.206. The van der Waals surface area contributed by atoms with Crippen LogP contribution in [-0.4, -0.2) is 38.4 Å². The van der Waals surface area contributed by atoms with E-state index in [2.05, 4.69) is 15.8 Å². The van der Waals surface area contributed by atoms with Crippen molar-refractivity contribution in [2.24, 2.45) is 5.10 Å². The normalized spacial score (nSPS) is 10.6. The van der Waals surface area contributed by atoms with Crippen LogP contribution in [0.4, 0.5) is 5.69 Å². The van der Waals surface area contributed by atoms with Crippen molar-refractivity contribution in [2.75, 3.05) is 25.6 Å². The van der Waals surface area contributed by atoms with E-state index in [4.69, 9.17) is 14.2 Å². The van der Waals surface area contributed by atoms with Gasteiger partial charge in [-0.25, -0.2) is 5.43 Å². The fourth-order valence-corrected chi connectivity index (χ4v) is 3.31. The van der Waals surface area contributed by atoms with Crippen molar-refractivity contribution < 1.29 is 23.8 Å². The minimum atomic E-state index is -0.334. The number of ether oxygens (including phenoxy) is 3. The molecule has 3 rings (SSSR count). The number of rotatable bonds is 10. The van der Waals surface area contributed by atoms with Gasteiger partial charge in [-0.05, 0) is 54.3 Å². The van der Waals surface area contributed by atoms with Crippen LogP contribution in [0, 0.1) is 0 Å². The molecule has 166 valence electrons. The Morgan fingerprint density at radius 1 is 1.03 bits per heavy atom. The van der Waals surface area contributed by atoms with E-state index in [1.807, 2.05) is 18.4 Å². The van der Waals surface area contributed by atoms with Crippen LogP contribution in [0.1, 0.15) is 22.2 Å². The number of nitrogens with one attached hydrogen (secondary N) is 2. The standard InChI is InChI=1S/C23H23N3O5S/c1-3-30-20-13-16(14-24-26-23(28)21-9-6-12-32-21)10-11-19(20)31-15-22(27)25-17-7-4-5-8-18(17)29-2/h4-14H,3,15H2,1-2H3,(H,25,27)(H,26,28)/b24-14+. The molecule has 0 bridgehead atoms. The van der Waals surface area contributed by atoms with E-state index in [1.54, 1.807) is 48.5 Å². The molecule has 1 heterocycles. The van der Waals surface area contributed by atoms with Crippen LogP contribution in [0.15, 0.2) is 65.1 Å². The first-order valence-electron chi connectivity index (χ1n) is 9.80. The van der Waals surface area contributed by atoms with E-state index in [9.17, 15) is 9.59 Å². The van der Waals surface area contributed by atoms with Crippen LogP contribution in [-0.2, 0) is 4.79 Å². The summed E-state index contributed by atoms with van der Waals surface area (Å²) in [7, 11) is 1.54. The second kappa shape index (κ2) is 11.5. The van der Waals surface area contributed by atoms with Gasteiger partial charge in [0.05, 0.1) is 30.5 Å². The molecule has 0 spiro atoms. The lowest BCUT2D eigenvalue weighted by atomic mass is 10.2. The Hall–Kier alpha value is -3.85. The maximum atomic E-state index is 12.3. The Morgan fingerprint density at radius 3 is 2.62 bits per heavy atom. The third-order valence-electron chi connectivity index (χ3n) is 4.13. The number of hydrazone groups is 1. The average molecular weight is 454 g/mol. The van der Waals surface area contributed by atoms with E-state index in [1.165, 1.54) is 24.7 Å². The Morgan fingerprint density at radius 2 is 1.88 bits per heavy atom. The van der Waals surface area contributed by atoms with Gasteiger partial charge >= 0.3 is 0 Å². The van der Waals surface area contributed by atoms with Crippen molar-refractivity contribution in [3.8, 4) is 17.2 Å². The van der Waals surface area contributed by atoms with Gasteiger partial charge in [0.25, 0.3) is 11.8 Å². The monoisotopic (exact) mass is 453 g/mol. The first kappa shape index (κ1) is 22.8. The highest BCUT2D eigenvalue weighted by Crippen LogP contribution is 2.28. The quantitative estimate of drug-likeness (QED) is 0.358. The largest absolute Gasteiger partial charge is 0.495 e. The van der Waals surface area contributed by atoms with E-state index >= 15 is 0 Å². The molecule has 0 aliphatic carbocycles. The van der Waals surface area contributed by atoms with Gasteiger partial charge in [0.15, 0.2) is 18.1 Å². The summed E-state index contributed by atoms with van der Waals surface area (Å²) in [6.07, 6.45) is 1.51. The lowest BCUT2D eigenvalue weighted by Gasteiger charge is -2.13. The third-order valence-corrected chi connectivity index (χ3v) is 5.00. The third kappa shape index (κ3) is 6.32. The van der Waals surface area contributed by atoms with Gasteiger partial charge in [0.1, 0.15) is 5.75 Å². The lowest BCUT2D eigenvalue weighted by molar-refractivity contribution is -0.118. The number of carbonyl (C=O) groups is 2. The lowest BCUT2D eigenvalue weighted by Crippen LogP contribution is -2.20. The zero-order valence-corrected chi connectivity index (χ0v) is 18.5. The number of hydrogen-bond acceptors (Lipinski definition) is 7. The molecule has 1 aromatic heterocycles. The molecule has 3 aromatic rings. The maximum absolute atomic E-state index is 12.3. The van der Waals surface area contributed by atoms with Crippen molar-refractivity contribution in [2.45, 2.75) is 6.92 Å². The van der Waals surface area contributed by atoms with Gasteiger partial charge in [0, 0.05) is 0 Å². The second-order valence-electron chi connectivity index (χ2n) is 6.35. The van der Waals surface area contributed by atoms with Crippen LogP contribution in [0.2, 0.25) is 0 Å². The summed E-state index contributed by atoms with van der Waals surface area (Å²) in [5.74, 6) is 0.833. The topological polar surface area (TPSA) is 98.3 Å². The highest BCUT2D eigenvalue weighted by atomic mass is 32.1. The first-order valence-corrected chi connectivity index (χ1v) is 10.7. The molecular weight excluding hydrogens is 430 g/mol. The SMILES string of the molecule is CCOc1cc(/C=N/NC(=O)c2cccs2)ccc1OCC(=O)Nc1ccccc1OC. The summed E-state index contributed by atoms with van der Waals surface area (Å²) in [4.78, 5) is 24.8. The van der Waals surface area contributed by atoms with E-state index in [0.717, 1.165) is 0 Å². The van der Waals surface area contributed by atoms with Crippen LogP contribution in [0.5, 0.6) is 17.2 Å². The molecule has 0 aliphatic heterocycles. The molecule has 2 N–H and O–H groups in total.